The molecule has 0 spiro atoms. The van der Waals surface area contributed by atoms with E-state index in [0.717, 1.165) is 13.1 Å². The van der Waals surface area contributed by atoms with Gasteiger partial charge >= 0.3 is 0 Å². The molecule has 2 aliphatic rings. The highest BCUT2D eigenvalue weighted by atomic mass is 79.9. The summed E-state index contributed by atoms with van der Waals surface area (Å²) in [6.45, 7) is 6.19. The zero-order valence-corrected chi connectivity index (χ0v) is 10.9. The van der Waals surface area contributed by atoms with Crippen LogP contribution in [0.25, 0.3) is 0 Å². The van der Waals surface area contributed by atoms with Crippen molar-refractivity contribution < 1.29 is 9.53 Å². The molecule has 3 nitrogen and oxygen atoms in total. The molecule has 0 N–H and O–H groups in total. The number of carbonyl (C=O) groups is 1. The Morgan fingerprint density at radius 3 is 2.80 bits per heavy atom. The van der Waals surface area contributed by atoms with Gasteiger partial charge in [0, 0.05) is 13.1 Å². The highest BCUT2D eigenvalue weighted by Gasteiger charge is 2.46. The van der Waals surface area contributed by atoms with Crippen LogP contribution in [0.15, 0.2) is 0 Å². The molecule has 1 aliphatic carbocycles. The Labute approximate surface area is 99.3 Å². The molecule has 2 fully saturated rings. The lowest BCUT2D eigenvalue weighted by Crippen LogP contribution is -2.54. The third kappa shape index (κ3) is 2.36. The summed E-state index contributed by atoms with van der Waals surface area (Å²) in [5.74, 6) is 0.851. The summed E-state index contributed by atoms with van der Waals surface area (Å²) in [4.78, 5) is 13.7. The van der Waals surface area contributed by atoms with E-state index in [1.807, 2.05) is 11.8 Å². The Hall–Kier alpha value is -0.0900. The van der Waals surface area contributed by atoms with Gasteiger partial charge in [0.2, 0.25) is 5.91 Å². The molecular formula is C11H18BrNO2. The van der Waals surface area contributed by atoms with Crippen LogP contribution >= 0.6 is 15.9 Å². The molecule has 2 unspecified atom stereocenters. The fourth-order valence-corrected chi connectivity index (χ4v) is 2.56. The Balaban J connectivity index is 2.00. The van der Waals surface area contributed by atoms with Crippen molar-refractivity contribution in [2.24, 2.45) is 5.92 Å². The van der Waals surface area contributed by atoms with Crippen LogP contribution in [-0.2, 0) is 9.53 Å². The van der Waals surface area contributed by atoms with Gasteiger partial charge in [-0.2, -0.15) is 0 Å². The van der Waals surface area contributed by atoms with Crippen molar-refractivity contribution in [1.82, 2.24) is 4.90 Å². The minimum atomic E-state index is -0.0875. The Morgan fingerprint density at radius 2 is 2.27 bits per heavy atom. The molecule has 1 saturated carbocycles. The van der Waals surface area contributed by atoms with Crippen molar-refractivity contribution in [3.05, 3.63) is 0 Å². The average Bonchev–Trinajstić information content (AvgIpc) is 2.99. The number of ether oxygens (including phenoxy) is 1. The molecule has 2 atom stereocenters. The van der Waals surface area contributed by atoms with Crippen molar-refractivity contribution >= 4 is 21.8 Å². The van der Waals surface area contributed by atoms with Gasteiger partial charge in [0.05, 0.1) is 17.0 Å². The van der Waals surface area contributed by atoms with Crippen LogP contribution in [0.1, 0.15) is 26.7 Å². The predicted molar refractivity (Wildman–Crippen MR) is 62.1 cm³/mol. The number of morpholine rings is 1. The van der Waals surface area contributed by atoms with Gasteiger partial charge in [-0.05, 0) is 32.6 Å². The summed E-state index contributed by atoms with van der Waals surface area (Å²) in [5.41, 5.74) is -0.0875. The highest BCUT2D eigenvalue weighted by molar-refractivity contribution is 9.10. The Kier molecular flexibility index (Phi) is 3.08. The molecule has 0 radical (unpaired) electrons. The van der Waals surface area contributed by atoms with Crippen molar-refractivity contribution in [2.45, 2.75) is 37.1 Å². The van der Waals surface area contributed by atoms with E-state index in [1.54, 1.807) is 0 Å². The summed E-state index contributed by atoms with van der Waals surface area (Å²) < 4.78 is 5.84. The molecule has 0 aromatic heterocycles. The van der Waals surface area contributed by atoms with E-state index in [4.69, 9.17) is 4.74 Å². The van der Waals surface area contributed by atoms with Crippen LogP contribution in [-0.4, -0.2) is 40.9 Å². The molecule has 1 heterocycles. The van der Waals surface area contributed by atoms with Crippen LogP contribution in [0.4, 0.5) is 0 Å². The van der Waals surface area contributed by atoms with E-state index in [-0.39, 0.29) is 16.3 Å². The number of rotatable bonds is 2. The summed E-state index contributed by atoms with van der Waals surface area (Å²) in [5, 5.41) is 0. The average molecular weight is 276 g/mol. The summed E-state index contributed by atoms with van der Waals surface area (Å²) in [7, 11) is 0. The van der Waals surface area contributed by atoms with Gasteiger partial charge in [0.25, 0.3) is 0 Å². The SMILES string of the molecule is CC(Br)C(=O)N1CCOC(C)(C2CC2)C1. The lowest BCUT2D eigenvalue weighted by atomic mass is 9.98. The van der Waals surface area contributed by atoms with Crippen molar-refractivity contribution in [1.29, 1.82) is 0 Å². The van der Waals surface area contributed by atoms with Crippen molar-refractivity contribution in [3.8, 4) is 0 Å². The topological polar surface area (TPSA) is 29.5 Å². The fourth-order valence-electron chi connectivity index (χ4n) is 2.27. The minimum absolute atomic E-state index is 0.0842. The first kappa shape index (κ1) is 11.4. The van der Waals surface area contributed by atoms with Crippen molar-refractivity contribution in [3.63, 3.8) is 0 Å². The first-order valence-electron chi connectivity index (χ1n) is 5.60. The zero-order chi connectivity index (χ0) is 11.1. The number of nitrogens with zero attached hydrogens (tertiary/aromatic N) is 1. The molecule has 0 aromatic rings. The molecule has 0 bridgehead atoms. The molecule has 0 aromatic carbocycles. The van der Waals surface area contributed by atoms with E-state index in [0.29, 0.717) is 12.5 Å². The van der Waals surface area contributed by atoms with Crippen molar-refractivity contribution in [2.75, 3.05) is 19.7 Å². The number of carbonyl (C=O) groups excluding carboxylic acids is 1. The molecule has 1 amide bonds. The quantitative estimate of drug-likeness (QED) is 0.720. The van der Waals surface area contributed by atoms with Crippen LogP contribution in [0.5, 0.6) is 0 Å². The van der Waals surface area contributed by atoms with Gasteiger partial charge < -0.3 is 9.64 Å². The van der Waals surface area contributed by atoms with Crippen LogP contribution in [0.2, 0.25) is 0 Å². The third-order valence-corrected chi connectivity index (χ3v) is 3.78. The number of hydrogen-bond acceptors (Lipinski definition) is 2. The molecule has 1 aliphatic heterocycles. The normalized spacial score (nSPS) is 33.9. The third-order valence-electron chi connectivity index (χ3n) is 3.39. The summed E-state index contributed by atoms with van der Waals surface area (Å²) >= 11 is 3.33. The van der Waals surface area contributed by atoms with E-state index in [9.17, 15) is 4.79 Å². The van der Waals surface area contributed by atoms with Gasteiger partial charge in [-0.3, -0.25) is 4.79 Å². The van der Waals surface area contributed by atoms with Crippen LogP contribution < -0.4 is 0 Å². The summed E-state index contributed by atoms with van der Waals surface area (Å²) in [6, 6.07) is 0. The largest absolute Gasteiger partial charge is 0.371 e. The first-order valence-corrected chi connectivity index (χ1v) is 6.51. The molecule has 86 valence electrons. The second-order valence-corrected chi connectivity index (χ2v) is 6.18. The maximum Gasteiger partial charge on any atom is 0.236 e. The van der Waals surface area contributed by atoms with Gasteiger partial charge in [0.15, 0.2) is 0 Å². The van der Waals surface area contributed by atoms with Gasteiger partial charge in [-0.1, -0.05) is 15.9 Å². The fraction of sp³-hybridized carbons (Fsp3) is 0.909. The van der Waals surface area contributed by atoms with Crippen LogP contribution in [0.3, 0.4) is 0 Å². The second-order valence-electron chi connectivity index (χ2n) is 4.81. The maximum atomic E-state index is 11.9. The Morgan fingerprint density at radius 1 is 1.60 bits per heavy atom. The number of halogens is 1. The minimum Gasteiger partial charge on any atom is -0.371 e. The smallest absolute Gasteiger partial charge is 0.236 e. The van der Waals surface area contributed by atoms with Gasteiger partial charge in [-0.25, -0.2) is 0 Å². The zero-order valence-electron chi connectivity index (χ0n) is 9.33. The predicted octanol–water partition coefficient (Wildman–Crippen LogP) is 1.80. The highest BCUT2D eigenvalue weighted by Crippen LogP contribution is 2.43. The second kappa shape index (κ2) is 4.06. The molecular weight excluding hydrogens is 258 g/mol. The summed E-state index contributed by atoms with van der Waals surface area (Å²) in [6.07, 6.45) is 2.50. The van der Waals surface area contributed by atoms with Crippen LogP contribution in [0, 0.1) is 5.92 Å². The standard InChI is InChI=1S/C11H18BrNO2/c1-8(12)10(14)13-5-6-15-11(2,7-13)9-3-4-9/h8-9H,3-7H2,1-2H3. The van der Waals surface area contributed by atoms with E-state index < -0.39 is 0 Å². The van der Waals surface area contributed by atoms with Gasteiger partial charge in [0.1, 0.15) is 0 Å². The number of alkyl halides is 1. The lowest BCUT2D eigenvalue weighted by Gasteiger charge is -2.41. The van der Waals surface area contributed by atoms with Gasteiger partial charge in [-0.15, -0.1) is 0 Å². The maximum absolute atomic E-state index is 11.9. The number of hydrogen-bond donors (Lipinski definition) is 0. The molecule has 15 heavy (non-hydrogen) atoms. The molecule has 1 saturated heterocycles. The Bertz CT molecular complexity index is 265. The lowest BCUT2D eigenvalue weighted by molar-refractivity contribution is -0.150. The number of amides is 1. The van der Waals surface area contributed by atoms with E-state index in [1.165, 1.54) is 12.8 Å². The van der Waals surface area contributed by atoms with E-state index in [2.05, 4.69) is 22.9 Å². The van der Waals surface area contributed by atoms with E-state index >= 15 is 0 Å². The molecule has 4 heteroatoms. The molecule has 2 rings (SSSR count). The first-order chi connectivity index (χ1) is 7.03. The monoisotopic (exact) mass is 275 g/mol.